The van der Waals surface area contributed by atoms with Crippen molar-refractivity contribution in [3.05, 3.63) is 30.1 Å². The Morgan fingerprint density at radius 3 is 3.05 bits per heavy atom. The molecule has 1 aromatic rings. The number of carbonyl (C=O) groups is 1. The fourth-order valence-electron chi connectivity index (χ4n) is 2.95. The topological polar surface area (TPSA) is 62.2 Å². The molecule has 1 heterocycles. The molecular formula is C17H26N2O2. The maximum atomic E-state index is 11.9. The Bertz CT molecular complexity index is 449. The molecule has 2 N–H and O–H groups in total. The number of carbonyl (C=O) groups excluding carboxylic acids is 1. The van der Waals surface area contributed by atoms with E-state index in [-0.39, 0.29) is 17.4 Å². The highest BCUT2D eigenvalue weighted by Gasteiger charge is 2.35. The van der Waals surface area contributed by atoms with Crippen LogP contribution in [0.25, 0.3) is 0 Å². The number of hydrogen-bond acceptors (Lipinski definition) is 3. The molecule has 1 fully saturated rings. The lowest BCUT2D eigenvalue weighted by molar-refractivity contribution is -0.122. The lowest BCUT2D eigenvalue weighted by atomic mass is 9.73. The number of nitrogens with zero attached hydrogens (tertiary/aromatic N) is 1. The molecule has 0 radical (unpaired) electrons. The summed E-state index contributed by atoms with van der Waals surface area (Å²) in [5.41, 5.74) is 0.870. The van der Waals surface area contributed by atoms with Crippen molar-refractivity contribution in [1.29, 1.82) is 0 Å². The van der Waals surface area contributed by atoms with E-state index in [9.17, 15) is 9.90 Å². The summed E-state index contributed by atoms with van der Waals surface area (Å²) in [4.78, 5) is 16.2. The molecule has 1 saturated carbocycles. The number of amides is 1. The van der Waals surface area contributed by atoms with Crippen molar-refractivity contribution >= 4 is 5.91 Å². The molecule has 0 bridgehead atoms. The van der Waals surface area contributed by atoms with Crippen LogP contribution >= 0.6 is 0 Å². The maximum Gasteiger partial charge on any atom is 0.220 e. The number of aromatic nitrogens is 1. The van der Waals surface area contributed by atoms with Crippen molar-refractivity contribution in [2.24, 2.45) is 5.41 Å². The highest BCUT2D eigenvalue weighted by molar-refractivity contribution is 5.75. The van der Waals surface area contributed by atoms with E-state index in [0.717, 1.165) is 44.2 Å². The molecule has 0 unspecified atom stereocenters. The first-order valence-electron chi connectivity index (χ1n) is 7.95. The van der Waals surface area contributed by atoms with Gasteiger partial charge in [0.25, 0.3) is 0 Å². The van der Waals surface area contributed by atoms with Crippen LogP contribution in [0.15, 0.2) is 24.4 Å². The summed E-state index contributed by atoms with van der Waals surface area (Å²) in [5.74, 6) is 0.0740. The number of pyridine rings is 1. The molecule has 1 amide bonds. The van der Waals surface area contributed by atoms with Crippen molar-refractivity contribution < 1.29 is 9.90 Å². The smallest absolute Gasteiger partial charge is 0.220 e. The van der Waals surface area contributed by atoms with Gasteiger partial charge < -0.3 is 10.4 Å². The number of aliphatic hydroxyl groups excluding tert-OH is 1. The highest BCUT2D eigenvalue weighted by atomic mass is 16.3. The van der Waals surface area contributed by atoms with Gasteiger partial charge in [-0.3, -0.25) is 9.78 Å². The van der Waals surface area contributed by atoms with E-state index in [2.05, 4.69) is 17.2 Å². The first kappa shape index (κ1) is 16.0. The molecule has 1 aliphatic carbocycles. The van der Waals surface area contributed by atoms with E-state index in [0.29, 0.717) is 13.0 Å². The molecule has 1 aromatic heterocycles. The van der Waals surface area contributed by atoms with Gasteiger partial charge in [0.15, 0.2) is 0 Å². The predicted octanol–water partition coefficient (Wildman–Crippen LogP) is 2.46. The molecule has 4 heteroatoms. The van der Waals surface area contributed by atoms with E-state index in [1.54, 1.807) is 6.20 Å². The Morgan fingerprint density at radius 2 is 2.33 bits per heavy atom. The third kappa shape index (κ3) is 4.81. The first-order chi connectivity index (χ1) is 10.1. The minimum absolute atomic E-state index is 0.0740. The SMILES string of the molecule is C[C@]1(CNC(=O)CCCc2ccccn2)CCCC[C@H]1O. The highest BCUT2D eigenvalue weighted by Crippen LogP contribution is 2.35. The van der Waals surface area contributed by atoms with E-state index in [1.807, 2.05) is 18.2 Å². The molecule has 116 valence electrons. The quantitative estimate of drug-likeness (QED) is 0.846. The molecule has 0 saturated heterocycles. The van der Waals surface area contributed by atoms with Gasteiger partial charge in [0, 0.05) is 30.3 Å². The van der Waals surface area contributed by atoms with E-state index < -0.39 is 0 Å². The number of aryl methyl sites for hydroxylation is 1. The van der Waals surface area contributed by atoms with Gasteiger partial charge in [-0.2, -0.15) is 0 Å². The second-order valence-corrected chi connectivity index (χ2v) is 6.37. The van der Waals surface area contributed by atoms with Gasteiger partial charge in [-0.25, -0.2) is 0 Å². The minimum Gasteiger partial charge on any atom is -0.392 e. The zero-order valence-corrected chi connectivity index (χ0v) is 12.8. The summed E-state index contributed by atoms with van der Waals surface area (Å²) in [7, 11) is 0. The molecule has 0 spiro atoms. The molecule has 0 aliphatic heterocycles. The number of rotatable bonds is 6. The van der Waals surface area contributed by atoms with Crippen LogP contribution in [0.3, 0.4) is 0 Å². The summed E-state index contributed by atoms with van der Waals surface area (Å²) < 4.78 is 0. The monoisotopic (exact) mass is 290 g/mol. The van der Waals surface area contributed by atoms with Crippen LogP contribution in [-0.4, -0.2) is 28.6 Å². The van der Waals surface area contributed by atoms with Gasteiger partial charge in [0.05, 0.1) is 6.10 Å². The Kier molecular flexibility index (Phi) is 5.74. The van der Waals surface area contributed by atoms with Crippen LogP contribution in [0.4, 0.5) is 0 Å². The Labute approximate surface area is 127 Å². The standard InChI is InChI=1S/C17H26N2O2/c1-17(11-4-2-9-15(17)20)13-19-16(21)10-6-8-14-7-3-5-12-18-14/h3,5,7,12,15,20H,2,4,6,8-11,13H2,1H3,(H,19,21)/t15-,17-/m1/s1. The van der Waals surface area contributed by atoms with Gasteiger partial charge in [-0.15, -0.1) is 0 Å². The van der Waals surface area contributed by atoms with E-state index >= 15 is 0 Å². The number of hydrogen-bond donors (Lipinski definition) is 2. The lowest BCUT2D eigenvalue weighted by Gasteiger charge is -2.38. The van der Waals surface area contributed by atoms with Gasteiger partial charge in [-0.05, 0) is 37.8 Å². The number of nitrogens with one attached hydrogen (secondary N) is 1. The lowest BCUT2D eigenvalue weighted by Crippen LogP contribution is -2.45. The average molecular weight is 290 g/mol. The second kappa shape index (κ2) is 7.55. The molecular weight excluding hydrogens is 264 g/mol. The zero-order chi connectivity index (χ0) is 15.1. The molecule has 4 nitrogen and oxygen atoms in total. The van der Waals surface area contributed by atoms with E-state index in [1.165, 1.54) is 0 Å². The van der Waals surface area contributed by atoms with Gasteiger partial charge in [0.1, 0.15) is 0 Å². The molecule has 0 aromatic carbocycles. The van der Waals surface area contributed by atoms with Crippen molar-refractivity contribution in [3.63, 3.8) is 0 Å². The van der Waals surface area contributed by atoms with Gasteiger partial charge in [-0.1, -0.05) is 25.8 Å². The number of aliphatic hydroxyl groups is 1. The molecule has 2 rings (SSSR count). The summed E-state index contributed by atoms with van der Waals surface area (Å²) in [6, 6.07) is 5.84. The van der Waals surface area contributed by atoms with Crippen molar-refractivity contribution in [2.45, 2.75) is 58.0 Å². The van der Waals surface area contributed by atoms with Crippen molar-refractivity contribution in [3.8, 4) is 0 Å². The summed E-state index contributed by atoms with van der Waals surface area (Å²) in [5, 5.41) is 13.1. The van der Waals surface area contributed by atoms with Gasteiger partial charge >= 0.3 is 0 Å². The molecule has 2 atom stereocenters. The summed E-state index contributed by atoms with van der Waals surface area (Å²) in [6.45, 7) is 2.65. The fraction of sp³-hybridized carbons (Fsp3) is 0.647. The third-order valence-corrected chi connectivity index (χ3v) is 4.53. The Morgan fingerprint density at radius 1 is 1.48 bits per heavy atom. The van der Waals surface area contributed by atoms with Crippen LogP contribution < -0.4 is 5.32 Å². The van der Waals surface area contributed by atoms with Crippen molar-refractivity contribution in [1.82, 2.24) is 10.3 Å². The fourth-order valence-corrected chi connectivity index (χ4v) is 2.95. The van der Waals surface area contributed by atoms with Gasteiger partial charge in [0.2, 0.25) is 5.91 Å². The molecule has 1 aliphatic rings. The normalized spacial score (nSPS) is 25.5. The van der Waals surface area contributed by atoms with Crippen LogP contribution in [0.1, 0.15) is 51.1 Å². The van der Waals surface area contributed by atoms with Crippen molar-refractivity contribution in [2.75, 3.05) is 6.54 Å². The molecule has 21 heavy (non-hydrogen) atoms. The first-order valence-corrected chi connectivity index (χ1v) is 7.95. The third-order valence-electron chi connectivity index (χ3n) is 4.53. The summed E-state index contributed by atoms with van der Waals surface area (Å²) >= 11 is 0. The summed E-state index contributed by atoms with van der Waals surface area (Å²) in [6.07, 6.45) is 7.71. The minimum atomic E-state index is -0.292. The Hall–Kier alpha value is -1.42. The largest absolute Gasteiger partial charge is 0.392 e. The maximum absolute atomic E-state index is 11.9. The zero-order valence-electron chi connectivity index (χ0n) is 12.8. The second-order valence-electron chi connectivity index (χ2n) is 6.37. The Balaban J connectivity index is 1.67. The van der Waals surface area contributed by atoms with Crippen LogP contribution in [0.5, 0.6) is 0 Å². The van der Waals surface area contributed by atoms with Crippen LogP contribution in [0, 0.1) is 5.41 Å². The average Bonchev–Trinajstić information content (AvgIpc) is 2.50. The predicted molar refractivity (Wildman–Crippen MR) is 82.8 cm³/mol. The van der Waals surface area contributed by atoms with Crippen LogP contribution in [-0.2, 0) is 11.2 Å². The van der Waals surface area contributed by atoms with E-state index in [4.69, 9.17) is 0 Å². The van der Waals surface area contributed by atoms with Crippen LogP contribution in [0.2, 0.25) is 0 Å².